The summed E-state index contributed by atoms with van der Waals surface area (Å²) >= 11 is 0. The number of hydrogen-bond donors (Lipinski definition) is 0. The van der Waals surface area contributed by atoms with Gasteiger partial charge in [0.2, 0.25) is 5.91 Å². The normalized spacial score (nSPS) is 13.0. The maximum atomic E-state index is 13.3. The van der Waals surface area contributed by atoms with Crippen LogP contribution in [0.3, 0.4) is 0 Å². The van der Waals surface area contributed by atoms with Gasteiger partial charge in [-0.1, -0.05) is 30.3 Å². The van der Waals surface area contributed by atoms with Crippen LogP contribution in [-0.4, -0.2) is 54.6 Å². The van der Waals surface area contributed by atoms with Crippen LogP contribution in [0.25, 0.3) is 0 Å². The summed E-state index contributed by atoms with van der Waals surface area (Å²) in [6.07, 6.45) is -0.497. The molecule has 0 saturated carbocycles. The van der Waals surface area contributed by atoms with Gasteiger partial charge in [-0.05, 0) is 33.3 Å². The third-order valence-corrected chi connectivity index (χ3v) is 4.08. The first-order valence-corrected chi connectivity index (χ1v) is 9.22. The maximum absolute atomic E-state index is 13.3. The third-order valence-electron chi connectivity index (χ3n) is 4.08. The van der Waals surface area contributed by atoms with E-state index in [1.54, 1.807) is 45.0 Å². The Balaban J connectivity index is 3.27. The van der Waals surface area contributed by atoms with Crippen molar-refractivity contribution >= 4 is 23.8 Å². The summed E-state index contributed by atoms with van der Waals surface area (Å²) in [6.45, 7) is 6.52. The second kappa shape index (κ2) is 10.6. The molecule has 0 saturated heterocycles. The van der Waals surface area contributed by atoms with Crippen molar-refractivity contribution in [2.45, 2.75) is 52.3 Å². The van der Waals surface area contributed by atoms with E-state index in [2.05, 4.69) is 4.74 Å². The molecule has 1 aromatic rings. The van der Waals surface area contributed by atoms with Gasteiger partial charge in [-0.15, -0.1) is 0 Å². The van der Waals surface area contributed by atoms with Crippen molar-refractivity contribution in [2.75, 3.05) is 14.2 Å². The predicted octanol–water partition coefficient (Wildman–Crippen LogP) is 2.10. The summed E-state index contributed by atoms with van der Waals surface area (Å²) in [5.74, 6) is -4.40. The molecule has 0 heterocycles. The number of carbonyl (C=O) groups excluding carboxylic acids is 4. The van der Waals surface area contributed by atoms with E-state index in [9.17, 15) is 19.2 Å². The Morgan fingerprint density at radius 2 is 1.55 bits per heavy atom. The molecule has 0 fully saturated rings. The molecule has 1 aromatic carbocycles. The van der Waals surface area contributed by atoms with E-state index in [0.29, 0.717) is 0 Å². The molecule has 0 aliphatic carbocycles. The van der Waals surface area contributed by atoms with Crippen molar-refractivity contribution in [3.63, 3.8) is 0 Å². The van der Waals surface area contributed by atoms with Crippen LogP contribution in [0.1, 0.15) is 39.7 Å². The van der Waals surface area contributed by atoms with Gasteiger partial charge >= 0.3 is 17.9 Å². The molecular formula is C21H29NO7. The summed E-state index contributed by atoms with van der Waals surface area (Å²) < 4.78 is 14.7. The van der Waals surface area contributed by atoms with Crippen LogP contribution in [0.2, 0.25) is 0 Å². The van der Waals surface area contributed by atoms with E-state index < -0.39 is 47.8 Å². The Labute approximate surface area is 171 Å². The molecule has 0 aliphatic heterocycles. The molecule has 8 heteroatoms. The average molecular weight is 407 g/mol. The molecule has 1 amide bonds. The highest BCUT2D eigenvalue weighted by atomic mass is 16.6. The number of ether oxygens (including phenoxy) is 3. The van der Waals surface area contributed by atoms with Crippen molar-refractivity contribution in [1.82, 2.24) is 4.90 Å². The number of methoxy groups -OCH3 is 2. The highest BCUT2D eigenvalue weighted by molar-refractivity contribution is 6.01. The van der Waals surface area contributed by atoms with Crippen molar-refractivity contribution in [1.29, 1.82) is 0 Å². The second-order valence-electron chi connectivity index (χ2n) is 7.52. The molecule has 1 rings (SSSR count). The summed E-state index contributed by atoms with van der Waals surface area (Å²) in [4.78, 5) is 51.2. The molecular weight excluding hydrogens is 378 g/mol. The zero-order valence-corrected chi connectivity index (χ0v) is 17.8. The third kappa shape index (κ3) is 7.56. The fourth-order valence-corrected chi connectivity index (χ4v) is 2.58. The Hall–Kier alpha value is -2.90. The molecule has 2 atom stereocenters. The van der Waals surface area contributed by atoms with E-state index in [-0.39, 0.29) is 6.54 Å². The predicted molar refractivity (Wildman–Crippen MR) is 104 cm³/mol. The molecule has 0 spiro atoms. The van der Waals surface area contributed by atoms with Crippen molar-refractivity contribution in [3.05, 3.63) is 35.9 Å². The Kier molecular flexibility index (Phi) is 8.82. The molecule has 0 N–H and O–H groups in total. The molecule has 160 valence electrons. The average Bonchev–Trinajstić information content (AvgIpc) is 2.67. The zero-order valence-electron chi connectivity index (χ0n) is 17.8. The second-order valence-corrected chi connectivity index (χ2v) is 7.52. The summed E-state index contributed by atoms with van der Waals surface area (Å²) in [5.41, 5.74) is -0.109. The lowest BCUT2D eigenvalue weighted by Gasteiger charge is -2.31. The van der Waals surface area contributed by atoms with E-state index in [0.717, 1.165) is 12.7 Å². The SMILES string of the molecule is COC(=O)C[C@@H](C(=O)OC(C)(C)C)C(=O)N(Cc1ccccc1)[C@H](C)C(=O)OC. The van der Waals surface area contributed by atoms with Gasteiger partial charge in [-0.2, -0.15) is 0 Å². The first-order chi connectivity index (χ1) is 13.5. The van der Waals surface area contributed by atoms with Crippen molar-refractivity contribution < 1.29 is 33.4 Å². The lowest BCUT2D eigenvalue weighted by atomic mass is 10.0. The number of carbonyl (C=O) groups is 4. The fraction of sp³-hybridized carbons (Fsp3) is 0.524. The molecule has 8 nitrogen and oxygen atoms in total. The van der Waals surface area contributed by atoms with Crippen LogP contribution in [0, 0.1) is 5.92 Å². The molecule has 0 radical (unpaired) electrons. The standard InChI is InChI=1S/C21H29NO7/c1-14(19(25)28-6)22(13-15-10-8-7-9-11-15)18(24)16(12-17(23)27-5)20(26)29-21(2,3)4/h7-11,14,16H,12-13H2,1-6H3/t14-,16-/m1/s1. The summed E-state index contributed by atoms with van der Waals surface area (Å²) in [6, 6.07) is 8.00. The van der Waals surface area contributed by atoms with Crippen molar-refractivity contribution in [2.24, 2.45) is 5.92 Å². The minimum atomic E-state index is -1.45. The highest BCUT2D eigenvalue weighted by Crippen LogP contribution is 2.20. The van der Waals surface area contributed by atoms with Gasteiger partial charge in [0.05, 0.1) is 20.6 Å². The van der Waals surface area contributed by atoms with Crippen LogP contribution in [0.15, 0.2) is 30.3 Å². The summed E-state index contributed by atoms with van der Waals surface area (Å²) in [5, 5.41) is 0. The van der Waals surface area contributed by atoms with Crippen LogP contribution in [0.4, 0.5) is 0 Å². The molecule has 0 unspecified atom stereocenters. The molecule has 0 aliphatic rings. The smallest absolute Gasteiger partial charge is 0.328 e. The number of benzene rings is 1. The van der Waals surface area contributed by atoms with Gasteiger partial charge in [-0.25, -0.2) is 4.79 Å². The number of hydrogen-bond acceptors (Lipinski definition) is 7. The van der Waals surface area contributed by atoms with Crippen LogP contribution in [-0.2, 0) is 39.9 Å². The van der Waals surface area contributed by atoms with Gasteiger partial charge in [0.25, 0.3) is 0 Å². The molecule has 29 heavy (non-hydrogen) atoms. The van der Waals surface area contributed by atoms with Crippen molar-refractivity contribution in [3.8, 4) is 0 Å². The van der Waals surface area contributed by atoms with Gasteiger partial charge in [0.1, 0.15) is 17.6 Å². The highest BCUT2D eigenvalue weighted by Gasteiger charge is 2.39. The first-order valence-electron chi connectivity index (χ1n) is 9.22. The van der Waals surface area contributed by atoms with Crippen LogP contribution in [0.5, 0.6) is 0 Å². The van der Waals surface area contributed by atoms with Gasteiger partial charge in [-0.3, -0.25) is 14.4 Å². The Morgan fingerprint density at radius 1 is 0.966 bits per heavy atom. The number of nitrogens with zero attached hydrogens (tertiary/aromatic N) is 1. The lowest BCUT2D eigenvalue weighted by Crippen LogP contribution is -2.49. The van der Waals surface area contributed by atoms with Gasteiger partial charge in [0.15, 0.2) is 0 Å². The fourth-order valence-electron chi connectivity index (χ4n) is 2.58. The Bertz CT molecular complexity index is 724. The largest absolute Gasteiger partial charge is 0.469 e. The quantitative estimate of drug-likeness (QED) is 0.370. The first kappa shape index (κ1) is 24.1. The Morgan fingerprint density at radius 3 is 2.03 bits per heavy atom. The van der Waals surface area contributed by atoms with Gasteiger partial charge in [0, 0.05) is 6.54 Å². The summed E-state index contributed by atoms with van der Waals surface area (Å²) in [7, 11) is 2.38. The van der Waals surface area contributed by atoms with E-state index >= 15 is 0 Å². The number of rotatable bonds is 8. The van der Waals surface area contributed by atoms with Gasteiger partial charge < -0.3 is 19.1 Å². The molecule has 0 bridgehead atoms. The monoisotopic (exact) mass is 407 g/mol. The van der Waals surface area contributed by atoms with E-state index in [4.69, 9.17) is 9.47 Å². The maximum Gasteiger partial charge on any atom is 0.328 e. The number of esters is 3. The van der Waals surface area contributed by atoms with Crippen LogP contribution < -0.4 is 0 Å². The lowest BCUT2D eigenvalue weighted by molar-refractivity contribution is -0.170. The van der Waals surface area contributed by atoms with E-state index in [1.807, 2.05) is 6.07 Å². The minimum Gasteiger partial charge on any atom is -0.469 e. The van der Waals surface area contributed by atoms with Crippen LogP contribution >= 0.6 is 0 Å². The number of amides is 1. The van der Waals surface area contributed by atoms with E-state index in [1.165, 1.54) is 18.9 Å². The minimum absolute atomic E-state index is 0.0520. The topological polar surface area (TPSA) is 99.2 Å². The molecule has 0 aromatic heterocycles. The zero-order chi connectivity index (χ0) is 22.2.